The number of aromatic nitrogens is 3. The Kier molecular flexibility index (Phi) is 4.66. The average Bonchev–Trinajstić information content (AvgIpc) is 3.30. The lowest BCUT2D eigenvalue weighted by Gasteiger charge is -2.37. The maximum absolute atomic E-state index is 12.6. The van der Waals surface area contributed by atoms with Crippen LogP contribution in [0.4, 0.5) is 5.69 Å². The van der Waals surface area contributed by atoms with Crippen LogP contribution in [0.5, 0.6) is 0 Å². The first kappa shape index (κ1) is 17.1. The highest BCUT2D eigenvalue weighted by atomic mass is 16.2. The molecular weight excluding hydrogens is 326 g/mol. The molecule has 138 valence electrons. The number of aryl methyl sites for hydroxylation is 1. The molecule has 4 rings (SSSR count). The topological polar surface area (TPSA) is 54.3 Å². The highest BCUT2D eigenvalue weighted by Gasteiger charge is 2.30. The maximum Gasteiger partial charge on any atom is 0.225 e. The molecule has 1 aliphatic heterocycles. The molecule has 0 unspecified atom stereocenters. The Morgan fingerprint density at radius 1 is 1.08 bits per heavy atom. The van der Waals surface area contributed by atoms with E-state index < -0.39 is 0 Å². The van der Waals surface area contributed by atoms with E-state index in [4.69, 9.17) is 5.10 Å². The molecule has 1 saturated carbocycles. The molecule has 2 aliphatic rings. The van der Waals surface area contributed by atoms with Crippen molar-refractivity contribution >= 4 is 11.6 Å². The van der Waals surface area contributed by atoms with Crippen molar-refractivity contribution in [2.24, 2.45) is 5.92 Å². The molecular formula is C20H27N5O. The molecule has 26 heavy (non-hydrogen) atoms. The van der Waals surface area contributed by atoms with E-state index in [1.807, 2.05) is 22.9 Å². The van der Waals surface area contributed by atoms with E-state index in [0.717, 1.165) is 56.2 Å². The van der Waals surface area contributed by atoms with Gasteiger partial charge >= 0.3 is 0 Å². The van der Waals surface area contributed by atoms with Crippen molar-refractivity contribution in [3.63, 3.8) is 0 Å². The predicted octanol–water partition coefficient (Wildman–Crippen LogP) is 2.72. The number of carbonyl (C=O) groups is 1. The lowest BCUT2D eigenvalue weighted by atomic mass is 10.1. The minimum absolute atomic E-state index is 0.275. The first-order valence-electron chi connectivity index (χ1n) is 9.66. The van der Waals surface area contributed by atoms with Crippen LogP contribution in [0.2, 0.25) is 0 Å². The number of nitrogens with zero attached hydrogens (tertiary/aromatic N) is 5. The van der Waals surface area contributed by atoms with E-state index in [1.54, 1.807) is 6.20 Å². The van der Waals surface area contributed by atoms with Gasteiger partial charge in [-0.1, -0.05) is 18.9 Å². The first-order chi connectivity index (χ1) is 12.6. The van der Waals surface area contributed by atoms with E-state index in [-0.39, 0.29) is 5.92 Å². The van der Waals surface area contributed by atoms with E-state index in [2.05, 4.69) is 28.6 Å². The van der Waals surface area contributed by atoms with Crippen molar-refractivity contribution in [1.29, 1.82) is 0 Å². The van der Waals surface area contributed by atoms with Gasteiger partial charge in [-0.25, -0.2) is 9.67 Å². The summed E-state index contributed by atoms with van der Waals surface area (Å²) in [5, 5.41) is 4.70. The number of hydrogen-bond donors (Lipinski definition) is 0. The fraction of sp³-hybridized carbons (Fsp3) is 0.550. The zero-order valence-corrected chi connectivity index (χ0v) is 15.7. The zero-order valence-electron chi connectivity index (χ0n) is 15.7. The van der Waals surface area contributed by atoms with Crippen LogP contribution in [-0.4, -0.2) is 51.8 Å². The Morgan fingerprint density at radius 2 is 1.81 bits per heavy atom. The number of pyridine rings is 1. The minimum atomic E-state index is 0.275. The van der Waals surface area contributed by atoms with Crippen LogP contribution in [0.1, 0.15) is 37.1 Å². The zero-order chi connectivity index (χ0) is 18.1. The molecule has 0 spiro atoms. The summed E-state index contributed by atoms with van der Waals surface area (Å²) < 4.78 is 1.92. The van der Waals surface area contributed by atoms with E-state index in [0.29, 0.717) is 5.91 Å². The normalized spacial score (nSPS) is 18.5. The average molecular weight is 353 g/mol. The highest BCUT2D eigenvalue weighted by molar-refractivity contribution is 5.79. The van der Waals surface area contributed by atoms with Crippen LogP contribution in [-0.2, 0) is 4.79 Å². The fourth-order valence-electron chi connectivity index (χ4n) is 4.38. The van der Waals surface area contributed by atoms with E-state index in [1.165, 1.54) is 18.5 Å². The summed E-state index contributed by atoms with van der Waals surface area (Å²) in [6.45, 7) is 7.51. The molecule has 0 bridgehead atoms. The van der Waals surface area contributed by atoms with Crippen molar-refractivity contribution in [2.45, 2.75) is 39.5 Å². The van der Waals surface area contributed by atoms with Crippen LogP contribution in [0, 0.1) is 19.8 Å². The minimum Gasteiger partial charge on any atom is -0.365 e. The molecule has 0 aromatic carbocycles. The van der Waals surface area contributed by atoms with Crippen molar-refractivity contribution < 1.29 is 4.79 Å². The van der Waals surface area contributed by atoms with Gasteiger partial charge in [0.05, 0.1) is 17.1 Å². The molecule has 0 atom stereocenters. The third-order valence-corrected chi connectivity index (χ3v) is 5.73. The van der Waals surface area contributed by atoms with Crippen LogP contribution < -0.4 is 4.90 Å². The van der Waals surface area contributed by atoms with Gasteiger partial charge in [0.15, 0.2) is 5.82 Å². The van der Waals surface area contributed by atoms with Crippen molar-refractivity contribution in [2.75, 3.05) is 31.1 Å². The van der Waals surface area contributed by atoms with Crippen molar-refractivity contribution in [1.82, 2.24) is 19.7 Å². The molecule has 1 saturated heterocycles. The van der Waals surface area contributed by atoms with Gasteiger partial charge in [0.1, 0.15) is 0 Å². The molecule has 6 heteroatoms. The third-order valence-electron chi connectivity index (χ3n) is 5.73. The number of rotatable bonds is 3. The Morgan fingerprint density at radius 3 is 2.46 bits per heavy atom. The molecule has 2 aromatic rings. The van der Waals surface area contributed by atoms with Gasteiger partial charge in [-0.05, 0) is 38.8 Å². The molecule has 1 amide bonds. The number of amides is 1. The molecule has 6 nitrogen and oxygen atoms in total. The third kappa shape index (κ3) is 3.08. The molecule has 2 aromatic heterocycles. The summed E-state index contributed by atoms with van der Waals surface area (Å²) in [5.41, 5.74) is 3.31. The standard InChI is InChI=1S/C20H27N5O/c1-15-19(16(2)25(22-15)18-9-5-6-10-21-18)23-11-13-24(14-12-23)20(26)17-7-3-4-8-17/h5-6,9-10,17H,3-4,7-8,11-14H2,1-2H3. The van der Waals surface area contributed by atoms with Crippen molar-refractivity contribution in [3.8, 4) is 5.82 Å². The predicted molar refractivity (Wildman–Crippen MR) is 102 cm³/mol. The molecule has 0 N–H and O–H groups in total. The quantitative estimate of drug-likeness (QED) is 0.851. The first-order valence-corrected chi connectivity index (χ1v) is 9.66. The largest absolute Gasteiger partial charge is 0.365 e. The smallest absolute Gasteiger partial charge is 0.225 e. The highest BCUT2D eigenvalue weighted by Crippen LogP contribution is 2.29. The van der Waals surface area contributed by atoms with Gasteiger partial charge in [0, 0.05) is 38.3 Å². The van der Waals surface area contributed by atoms with Gasteiger partial charge in [-0.3, -0.25) is 4.79 Å². The van der Waals surface area contributed by atoms with Crippen LogP contribution in [0.3, 0.4) is 0 Å². The summed E-state index contributed by atoms with van der Waals surface area (Å²) in [7, 11) is 0. The summed E-state index contributed by atoms with van der Waals surface area (Å²) in [5.74, 6) is 1.49. The van der Waals surface area contributed by atoms with Crippen LogP contribution >= 0.6 is 0 Å². The Bertz CT molecular complexity index is 771. The molecule has 1 aliphatic carbocycles. The van der Waals surface area contributed by atoms with E-state index in [9.17, 15) is 4.79 Å². The monoisotopic (exact) mass is 353 g/mol. The van der Waals surface area contributed by atoms with Gasteiger partial charge in [0.25, 0.3) is 0 Å². The number of carbonyl (C=O) groups excluding carboxylic acids is 1. The van der Waals surface area contributed by atoms with Crippen LogP contribution in [0.15, 0.2) is 24.4 Å². The van der Waals surface area contributed by atoms with E-state index >= 15 is 0 Å². The van der Waals surface area contributed by atoms with Crippen molar-refractivity contribution in [3.05, 3.63) is 35.8 Å². The van der Waals surface area contributed by atoms with Crippen LogP contribution in [0.25, 0.3) is 5.82 Å². The van der Waals surface area contributed by atoms with Gasteiger partial charge in [-0.2, -0.15) is 5.10 Å². The fourth-order valence-corrected chi connectivity index (χ4v) is 4.38. The number of piperazine rings is 1. The Hall–Kier alpha value is -2.37. The maximum atomic E-state index is 12.6. The lowest BCUT2D eigenvalue weighted by Crippen LogP contribution is -2.50. The summed E-state index contributed by atoms with van der Waals surface area (Å²) in [6, 6.07) is 5.87. The SMILES string of the molecule is Cc1nn(-c2ccccn2)c(C)c1N1CCN(C(=O)C2CCCC2)CC1. The molecule has 3 heterocycles. The second kappa shape index (κ2) is 7.09. The second-order valence-corrected chi connectivity index (χ2v) is 7.41. The Labute approximate surface area is 154 Å². The summed E-state index contributed by atoms with van der Waals surface area (Å²) >= 11 is 0. The van der Waals surface area contributed by atoms with Gasteiger partial charge < -0.3 is 9.80 Å². The lowest BCUT2D eigenvalue weighted by molar-refractivity contribution is -0.135. The number of anilines is 1. The number of hydrogen-bond acceptors (Lipinski definition) is 4. The molecule has 2 fully saturated rings. The molecule has 0 radical (unpaired) electrons. The summed E-state index contributed by atoms with van der Waals surface area (Å²) in [6.07, 6.45) is 6.37. The summed E-state index contributed by atoms with van der Waals surface area (Å²) in [4.78, 5) is 21.5. The Balaban J connectivity index is 1.48. The second-order valence-electron chi connectivity index (χ2n) is 7.41. The van der Waals surface area contributed by atoms with Gasteiger partial charge in [0.2, 0.25) is 5.91 Å². The van der Waals surface area contributed by atoms with Gasteiger partial charge in [-0.15, -0.1) is 0 Å².